The molecule has 156 valence electrons. The fourth-order valence-electron chi connectivity index (χ4n) is 3.27. The lowest BCUT2D eigenvalue weighted by Crippen LogP contribution is -2.29. The molecule has 0 atom stereocenters. The smallest absolute Gasteiger partial charge is 0.328 e. The Hall–Kier alpha value is -2.82. The Morgan fingerprint density at radius 1 is 1.24 bits per heavy atom. The zero-order valence-corrected chi connectivity index (χ0v) is 17.9. The number of ether oxygens (including phenoxy) is 2. The Bertz CT molecular complexity index is 917. The van der Waals surface area contributed by atoms with E-state index in [0.717, 1.165) is 29.4 Å². The van der Waals surface area contributed by atoms with Gasteiger partial charge in [-0.3, -0.25) is 0 Å². The van der Waals surface area contributed by atoms with Crippen LogP contribution in [0, 0.1) is 0 Å². The standard InChI is InChI=1S/C24H29FO4/c1-7-17-14-24(5,6)29-22-13-21(28-8-2)18(12-19(17)22)16(4)20(25)10-9-15(3)11-23(26)27/h9-14H,7-8H2,1-6H3,(H,26,27). The van der Waals surface area contributed by atoms with Crippen molar-refractivity contribution in [2.45, 2.75) is 53.6 Å². The van der Waals surface area contributed by atoms with Crippen LogP contribution in [0.2, 0.25) is 0 Å². The van der Waals surface area contributed by atoms with E-state index in [2.05, 4.69) is 13.0 Å². The van der Waals surface area contributed by atoms with Crippen LogP contribution in [0.15, 0.2) is 47.8 Å². The highest BCUT2D eigenvalue weighted by Gasteiger charge is 2.27. The summed E-state index contributed by atoms with van der Waals surface area (Å²) in [7, 11) is 0. The highest BCUT2D eigenvalue weighted by Crippen LogP contribution is 2.43. The first-order valence-corrected chi connectivity index (χ1v) is 9.76. The van der Waals surface area contributed by atoms with E-state index in [0.29, 0.717) is 29.1 Å². The Balaban J connectivity index is 2.56. The number of aliphatic carboxylic acids is 1. The first kappa shape index (κ1) is 22.5. The molecule has 4 nitrogen and oxygen atoms in total. The third kappa shape index (κ3) is 5.59. The monoisotopic (exact) mass is 400 g/mol. The molecule has 2 rings (SSSR count). The van der Waals surface area contributed by atoms with E-state index in [4.69, 9.17) is 14.6 Å². The minimum Gasteiger partial charge on any atom is -0.493 e. The van der Waals surface area contributed by atoms with Crippen LogP contribution in [0.3, 0.4) is 0 Å². The minimum absolute atomic E-state index is 0.413. The summed E-state index contributed by atoms with van der Waals surface area (Å²) in [5.41, 5.74) is 3.16. The number of carboxylic acids is 1. The number of carbonyl (C=O) groups is 1. The molecule has 1 aliphatic rings. The highest BCUT2D eigenvalue weighted by molar-refractivity contribution is 5.82. The number of hydrogen-bond acceptors (Lipinski definition) is 3. The van der Waals surface area contributed by atoms with Crippen molar-refractivity contribution in [2.75, 3.05) is 6.61 Å². The number of hydrogen-bond donors (Lipinski definition) is 1. The van der Waals surface area contributed by atoms with Crippen molar-refractivity contribution in [2.24, 2.45) is 0 Å². The molecule has 0 aromatic heterocycles. The number of carboxylic acid groups (broad SMARTS) is 1. The van der Waals surface area contributed by atoms with Gasteiger partial charge in [0.1, 0.15) is 22.9 Å². The molecule has 0 unspecified atom stereocenters. The Morgan fingerprint density at radius 3 is 2.52 bits per heavy atom. The third-order valence-electron chi connectivity index (χ3n) is 4.61. The molecule has 0 bridgehead atoms. The molecule has 1 aromatic carbocycles. The molecule has 0 saturated carbocycles. The predicted octanol–water partition coefficient (Wildman–Crippen LogP) is 6.34. The molecule has 0 fully saturated rings. The molecule has 0 amide bonds. The average molecular weight is 400 g/mol. The lowest BCUT2D eigenvalue weighted by atomic mass is 9.90. The van der Waals surface area contributed by atoms with Crippen LogP contribution in [-0.4, -0.2) is 23.3 Å². The van der Waals surface area contributed by atoms with Gasteiger partial charge >= 0.3 is 5.97 Å². The second-order valence-corrected chi connectivity index (χ2v) is 7.54. The molecule has 1 aromatic rings. The fourth-order valence-corrected chi connectivity index (χ4v) is 3.27. The maximum absolute atomic E-state index is 14.9. The van der Waals surface area contributed by atoms with E-state index in [1.54, 1.807) is 13.8 Å². The van der Waals surface area contributed by atoms with Crippen LogP contribution in [0.25, 0.3) is 11.1 Å². The molecule has 5 heteroatoms. The number of halogens is 1. The summed E-state index contributed by atoms with van der Waals surface area (Å²) in [6.45, 7) is 11.7. The Morgan fingerprint density at radius 2 is 1.93 bits per heavy atom. The third-order valence-corrected chi connectivity index (χ3v) is 4.61. The number of rotatable bonds is 7. The molecule has 0 aliphatic carbocycles. The topological polar surface area (TPSA) is 55.8 Å². The van der Waals surface area contributed by atoms with E-state index in [-0.39, 0.29) is 0 Å². The van der Waals surface area contributed by atoms with Crippen LogP contribution in [0.1, 0.15) is 59.1 Å². The summed E-state index contributed by atoms with van der Waals surface area (Å²) in [6.07, 6.45) is 6.66. The summed E-state index contributed by atoms with van der Waals surface area (Å²) in [5.74, 6) is -0.240. The summed E-state index contributed by atoms with van der Waals surface area (Å²) in [5, 5.41) is 8.78. The Kier molecular flexibility index (Phi) is 7.07. The van der Waals surface area contributed by atoms with Crippen LogP contribution in [0.5, 0.6) is 11.5 Å². The number of allylic oxidation sites excluding steroid dienone is 6. The van der Waals surface area contributed by atoms with Crippen LogP contribution >= 0.6 is 0 Å². The van der Waals surface area contributed by atoms with Crippen molar-refractivity contribution in [3.05, 3.63) is 59.0 Å². The molecule has 29 heavy (non-hydrogen) atoms. The SMILES string of the molecule is CCOc1cc2c(cc1C(C)=C(F)C=CC(C)=CC(=O)O)C(CC)=CC(C)(C)O2. The first-order valence-electron chi connectivity index (χ1n) is 9.76. The quantitative estimate of drug-likeness (QED) is 0.429. The second-order valence-electron chi connectivity index (χ2n) is 7.54. The molecule has 1 N–H and O–H groups in total. The molecular weight excluding hydrogens is 371 g/mol. The van der Waals surface area contributed by atoms with Gasteiger partial charge in [0.2, 0.25) is 0 Å². The number of fused-ring (bicyclic) bond motifs is 1. The summed E-state index contributed by atoms with van der Waals surface area (Å²) < 4.78 is 26.7. The van der Waals surface area contributed by atoms with Crippen molar-refractivity contribution < 1.29 is 23.8 Å². The predicted molar refractivity (Wildman–Crippen MR) is 115 cm³/mol. The molecule has 1 aliphatic heterocycles. The zero-order valence-electron chi connectivity index (χ0n) is 17.9. The van der Waals surface area contributed by atoms with Crippen molar-refractivity contribution in [3.8, 4) is 11.5 Å². The van der Waals surface area contributed by atoms with Gasteiger partial charge < -0.3 is 14.6 Å². The van der Waals surface area contributed by atoms with Crippen molar-refractivity contribution in [1.29, 1.82) is 0 Å². The van der Waals surface area contributed by atoms with Gasteiger partial charge in [-0.15, -0.1) is 0 Å². The fraction of sp³-hybridized carbons (Fsp3) is 0.375. The first-order chi connectivity index (χ1) is 13.6. The molecule has 1 heterocycles. The highest BCUT2D eigenvalue weighted by atomic mass is 19.1. The molecular formula is C24H29FO4. The van der Waals surface area contributed by atoms with Gasteiger partial charge in [0, 0.05) is 23.3 Å². The van der Waals surface area contributed by atoms with Crippen LogP contribution in [-0.2, 0) is 4.79 Å². The zero-order chi connectivity index (χ0) is 21.8. The van der Waals surface area contributed by atoms with Crippen LogP contribution < -0.4 is 9.47 Å². The van der Waals surface area contributed by atoms with E-state index in [1.165, 1.54) is 12.2 Å². The van der Waals surface area contributed by atoms with E-state index in [9.17, 15) is 9.18 Å². The summed E-state index contributed by atoms with van der Waals surface area (Å²) in [6, 6.07) is 3.74. The van der Waals surface area contributed by atoms with Gasteiger partial charge in [-0.2, -0.15) is 0 Å². The molecule has 0 spiro atoms. The second kappa shape index (κ2) is 9.12. The summed E-state index contributed by atoms with van der Waals surface area (Å²) >= 11 is 0. The van der Waals surface area contributed by atoms with E-state index in [1.807, 2.05) is 32.9 Å². The van der Waals surface area contributed by atoms with Crippen molar-refractivity contribution in [3.63, 3.8) is 0 Å². The van der Waals surface area contributed by atoms with Crippen molar-refractivity contribution >= 4 is 17.1 Å². The maximum atomic E-state index is 14.9. The van der Waals surface area contributed by atoms with E-state index >= 15 is 0 Å². The normalized spacial score (nSPS) is 16.7. The van der Waals surface area contributed by atoms with Gasteiger partial charge in [-0.05, 0) is 76.0 Å². The van der Waals surface area contributed by atoms with Gasteiger partial charge in [0.25, 0.3) is 0 Å². The minimum atomic E-state index is -1.07. The number of benzene rings is 1. The molecule has 0 radical (unpaired) electrons. The average Bonchev–Trinajstić information content (AvgIpc) is 2.63. The molecule has 0 saturated heterocycles. The maximum Gasteiger partial charge on any atom is 0.328 e. The van der Waals surface area contributed by atoms with Gasteiger partial charge in [-0.1, -0.05) is 13.0 Å². The lowest BCUT2D eigenvalue weighted by Gasteiger charge is -2.32. The Labute approximate surface area is 172 Å². The lowest BCUT2D eigenvalue weighted by molar-refractivity contribution is -0.131. The van der Waals surface area contributed by atoms with Crippen molar-refractivity contribution in [1.82, 2.24) is 0 Å². The van der Waals surface area contributed by atoms with Gasteiger partial charge in [-0.25, -0.2) is 9.18 Å². The largest absolute Gasteiger partial charge is 0.493 e. The van der Waals surface area contributed by atoms with Gasteiger partial charge in [0.15, 0.2) is 0 Å². The van der Waals surface area contributed by atoms with Gasteiger partial charge in [0.05, 0.1) is 6.61 Å². The summed E-state index contributed by atoms with van der Waals surface area (Å²) in [4.78, 5) is 10.7. The van der Waals surface area contributed by atoms with Crippen LogP contribution in [0.4, 0.5) is 4.39 Å². The van der Waals surface area contributed by atoms with E-state index < -0.39 is 17.4 Å².